The highest BCUT2D eigenvalue weighted by Gasteiger charge is 2.08. The van der Waals surface area contributed by atoms with Crippen molar-refractivity contribution in [2.24, 2.45) is 0 Å². The predicted molar refractivity (Wildman–Crippen MR) is 76.4 cm³/mol. The third kappa shape index (κ3) is 6.74. The normalized spacial score (nSPS) is 12.0. The molecule has 0 unspecified atom stereocenters. The van der Waals surface area contributed by atoms with Crippen LogP contribution >= 0.6 is 11.8 Å². The molecule has 4 heteroatoms. The Labute approximate surface area is 109 Å². The monoisotopic (exact) mass is 255 g/mol. The highest BCUT2D eigenvalue weighted by Crippen LogP contribution is 2.05. The van der Waals surface area contributed by atoms with Crippen molar-refractivity contribution in [1.82, 2.24) is 15.1 Å². The molecule has 0 fully saturated rings. The molecule has 0 atom stereocenters. The summed E-state index contributed by atoms with van der Waals surface area (Å²) in [6.07, 6.45) is 5.31. The molecule has 0 saturated heterocycles. The third-order valence-corrected chi connectivity index (χ3v) is 3.38. The van der Waals surface area contributed by atoms with Crippen LogP contribution < -0.4 is 5.32 Å². The molecule has 0 aliphatic carbocycles. The Hall–Kier alpha value is -0.480. The number of rotatable bonds is 7. The average molecular weight is 255 g/mol. The second-order valence-electron chi connectivity index (χ2n) is 5.27. The van der Waals surface area contributed by atoms with Crippen molar-refractivity contribution in [3.05, 3.63) is 18.0 Å². The van der Waals surface area contributed by atoms with Gasteiger partial charge in [0.1, 0.15) is 0 Å². The van der Waals surface area contributed by atoms with E-state index in [1.807, 2.05) is 18.0 Å². The molecule has 3 nitrogen and oxygen atoms in total. The number of hydrogen-bond donors (Lipinski definition) is 1. The van der Waals surface area contributed by atoms with Gasteiger partial charge in [-0.25, -0.2) is 0 Å². The van der Waals surface area contributed by atoms with E-state index in [4.69, 9.17) is 0 Å². The van der Waals surface area contributed by atoms with Crippen LogP contribution in [0.4, 0.5) is 0 Å². The standard InChI is InChI=1S/C13H25N3S/c1-5-17-8-6-7-16-11-12(10-15-16)9-14-13(2,3)4/h10-11,14H,5-9H2,1-4H3. The van der Waals surface area contributed by atoms with Crippen LogP contribution in [0.3, 0.4) is 0 Å². The summed E-state index contributed by atoms with van der Waals surface area (Å²) >= 11 is 1.99. The van der Waals surface area contributed by atoms with Crippen LogP contribution in [0, 0.1) is 0 Å². The van der Waals surface area contributed by atoms with Crippen LogP contribution in [0.1, 0.15) is 39.7 Å². The molecular weight excluding hydrogens is 230 g/mol. The lowest BCUT2D eigenvalue weighted by molar-refractivity contribution is 0.424. The zero-order valence-corrected chi connectivity index (χ0v) is 12.3. The zero-order chi connectivity index (χ0) is 12.7. The first-order chi connectivity index (χ1) is 8.01. The van der Waals surface area contributed by atoms with Gasteiger partial charge in [-0.1, -0.05) is 6.92 Å². The van der Waals surface area contributed by atoms with Gasteiger partial charge in [-0.15, -0.1) is 0 Å². The fraction of sp³-hybridized carbons (Fsp3) is 0.769. The topological polar surface area (TPSA) is 29.9 Å². The minimum absolute atomic E-state index is 0.167. The van der Waals surface area contributed by atoms with Crippen molar-refractivity contribution in [2.45, 2.75) is 52.7 Å². The van der Waals surface area contributed by atoms with Gasteiger partial charge >= 0.3 is 0 Å². The Kier molecular flexibility index (Phi) is 6.06. The van der Waals surface area contributed by atoms with Crippen LogP contribution in [0.5, 0.6) is 0 Å². The van der Waals surface area contributed by atoms with E-state index in [2.05, 4.69) is 49.0 Å². The summed E-state index contributed by atoms with van der Waals surface area (Å²) in [5.74, 6) is 2.44. The van der Waals surface area contributed by atoms with Gasteiger partial charge in [-0.2, -0.15) is 16.9 Å². The van der Waals surface area contributed by atoms with Crippen molar-refractivity contribution >= 4 is 11.8 Å². The van der Waals surface area contributed by atoms with Gasteiger partial charge in [0.05, 0.1) is 6.20 Å². The van der Waals surface area contributed by atoms with Crippen LogP contribution in [0.15, 0.2) is 12.4 Å². The molecule has 0 amide bonds. The summed E-state index contributed by atoms with van der Waals surface area (Å²) in [5.41, 5.74) is 1.43. The lowest BCUT2D eigenvalue weighted by Crippen LogP contribution is -2.34. The van der Waals surface area contributed by atoms with Crippen LogP contribution in [0.25, 0.3) is 0 Å². The van der Waals surface area contributed by atoms with E-state index in [0.717, 1.165) is 13.1 Å². The van der Waals surface area contributed by atoms with E-state index < -0.39 is 0 Å². The number of nitrogens with one attached hydrogen (secondary N) is 1. The Morgan fingerprint density at radius 1 is 1.41 bits per heavy atom. The molecule has 0 aromatic carbocycles. The van der Waals surface area contributed by atoms with Crippen molar-refractivity contribution in [3.8, 4) is 0 Å². The van der Waals surface area contributed by atoms with Crippen LogP contribution in [0.2, 0.25) is 0 Å². The Morgan fingerprint density at radius 3 is 2.82 bits per heavy atom. The van der Waals surface area contributed by atoms with Gasteiger partial charge in [0, 0.05) is 30.4 Å². The third-order valence-electron chi connectivity index (χ3n) is 2.39. The Morgan fingerprint density at radius 2 is 2.18 bits per heavy atom. The molecule has 0 aliphatic rings. The van der Waals surface area contributed by atoms with Crippen molar-refractivity contribution in [3.63, 3.8) is 0 Å². The van der Waals surface area contributed by atoms with Crippen LogP contribution in [-0.2, 0) is 13.1 Å². The van der Waals surface area contributed by atoms with E-state index in [9.17, 15) is 0 Å². The van der Waals surface area contributed by atoms with E-state index >= 15 is 0 Å². The summed E-state index contributed by atoms with van der Waals surface area (Å²) in [7, 11) is 0. The fourth-order valence-corrected chi connectivity index (χ4v) is 2.08. The maximum atomic E-state index is 4.38. The number of aromatic nitrogens is 2. The van der Waals surface area contributed by atoms with Crippen molar-refractivity contribution in [1.29, 1.82) is 0 Å². The lowest BCUT2D eigenvalue weighted by Gasteiger charge is -2.19. The van der Waals surface area contributed by atoms with Gasteiger partial charge < -0.3 is 5.32 Å². The van der Waals surface area contributed by atoms with Crippen molar-refractivity contribution < 1.29 is 0 Å². The molecule has 1 N–H and O–H groups in total. The lowest BCUT2D eigenvalue weighted by atomic mass is 10.1. The molecule has 1 aromatic rings. The van der Waals surface area contributed by atoms with Crippen molar-refractivity contribution in [2.75, 3.05) is 11.5 Å². The number of hydrogen-bond acceptors (Lipinski definition) is 3. The van der Waals surface area contributed by atoms with Gasteiger partial charge in [-0.05, 0) is 38.7 Å². The maximum absolute atomic E-state index is 4.38. The molecule has 17 heavy (non-hydrogen) atoms. The second-order valence-corrected chi connectivity index (χ2v) is 6.66. The smallest absolute Gasteiger partial charge is 0.0534 e. The SMILES string of the molecule is CCSCCCn1cc(CNC(C)(C)C)cn1. The van der Waals surface area contributed by atoms with Gasteiger partial charge in [0.2, 0.25) is 0 Å². The van der Waals surface area contributed by atoms with Gasteiger partial charge in [0.15, 0.2) is 0 Å². The molecular formula is C13H25N3S. The summed E-state index contributed by atoms with van der Waals surface area (Å²) < 4.78 is 2.05. The molecule has 0 aliphatic heterocycles. The minimum Gasteiger partial charge on any atom is -0.308 e. The summed E-state index contributed by atoms with van der Waals surface area (Å²) in [4.78, 5) is 0. The first-order valence-electron chi connectivity index (χ1n) is 6.35. The molecule has 1 aromatic heterocycles. The largest absolute Gasteiger partial charge is 0.308 e. The second kappa shape index (κ2) is 7.07. The Bertz CT molecular complexity index is 315. The number of aryl methyl sites for hydroxylation is 1. The predicted octanol–water partition coefficient (Wildman–Crippen LogP) is 2.91. The quantitative estimate of drug-likeness (QED) is 0.760. The molecule has 1 rings (SSSR count). The molecule has 0 saturated carbocycles. The molecule has 1 heterocycles. The Balaban J connectivity index is 2.28. The number of thioether (sulfide) groups is 1. The molecule has 0 spiro atoms. The van der Waals surface area contributed by atoms with E-state index in [1.54, 1.807) is 0 Å². The number of nitrogens with zero attached hydrogens (tertiary/aromatic N) is 2. The highest BCUT2D eigenvalue weighted by atomic mass is 32.2. The molecule has 0 radical (unpaired) electrons. The molecule has 0 bridgehead atoms. The first kappa shape index (κ1) is 14.6. The summed E-state index contributed by atoms with van der Waals surface area (Å²) in [6, 6.07) is 0. The maximum Gasteiger partial charge on any atom is 0.0534 e. The molecule has 98 valence electrons. The first-order valence-corrected chi connectivity index (χ1v) is 7.51. The minimum atomic E-state index is 0.167. The van der Waals surface area contributed by atoms with Gasteiger partial charge in [-0.3, -0.25) is 4.68 Å². The van der Waals surface area contributed by atoms with E-state index in [0.29, 0.717) is 0 Å². The highest BCUT2D eigenvalue weighted by molar-refractivity contribution is 7.99. The van der Waals surface area contributed by atoms with Gasteiger partial charge in [0.25, 0.3) is 0 Å². The van der Waals surface area contributed by atoms with E-state index in [1.165, 1.54) is 23.5 Å². The summed E-state index contributed by atoms with van der Waals surface area (Å²) in [6.45, 7) is 10.7. The van der Waals surface area contributed by atoms with E-state index in [-0.39, 0.29) is 5.54 Å². The zero-order valence-electron chi connectivity index (χ0n) is 11.5. The van der Waals surface area contributed by atoms with Crippen LogP contribution in [-0.4, -0.2) is 26.8 Å². The summed E-state index contributed by atoms with van der Waals surface area (Å²) in [5, 5.41) is 7.85. The average Bonchev–Trinajstić information content (AvgIpc) is 2.69. The fourth-order valence-electron chi connectivity index (χ4n) is 1.46.